The van der Waals surface area contributed by atoms with E-state index in [1.54, 1.807) is 0 Å². The Morgan fingerprint density at radius 3 is 1.72 bits per heavy atom. The number of hydrogen-bond donors (Lipinski definition) is 1. The SMILES string of the molecule is OCC(Br)OC(c1ccccc1)c1ccccc1. The molecular formula is C15H15BrO2. The average Bonchev–Trinajstić information content (AvgIpc) is 2.46. The third-order valence-corrected chi connectivity index (χ3v) is 3.14. The van der Waals surface area contributed by atoms with Crippen molar-refractivity contribution < 1.29 is 9.84 Å². The lowest BCUT2D eigenvalue weighted by atomic mass is 10.0. The first kappa shape index (κ1) is 13.3. The van der Waals surface area contributed by atoms with Gasteiger partial charge >= 0.3 is 0 Å². The van der Waals surface area contributed by atoms with Gasteiger partial charge in [0.05, 0.1) is 6.61 Å². The van der Waals surface area contributed by atoms with Crippen LogP contribution >= 0.6 is 15.9 Å². The molecule has 2 nitrogen and oxygen atoms in total. The van der Waals surface area contributed by atoms with Gasteiger partial charge in [0.2, 0.25) is 0 Å². The number of hydrogen-bond acceptors (Lipinski definition) is 2. The van der Waals surface area contributed by atoms with Gasteiger partial charge in [-0.15, -0.1) is 0 Å². The first-order chi connectivity index (χ1) is 8.81. The standard InChI is InChI=1S/C15H15BrO2/c16-14(11-17)18-15(12-7-3-1-4-8-12)13-9-5-2-6-10-13/h1-10,14-15,17H,11H2. The Balaban J connectivity index is 2.29. The molecular weight excluding hydrogens is 292 g/mol. The highest BCUT2D eigenvalue weighted by atomic mass is 79.9. The molecule has 1 N–H and O–H groups in total. The van der Waals surface area contributed by atoms with Crippen molar-refractivity contribution in [2.24, 2.45) is 0 Å². The zero-order valence-electron chi connectivity index (χ0n) is 9.87. The molecule has 0 spiro atoms. The van der Waals surface area contributed by atoms with Gasteiger partial charge in [-0.3, -0.25) is 0 Å². The molecule has 0 bridgehead atoms. The van der Waals surface area contributed by atoms with Gasteiger partial charge in [0.15, 0.2) is 0 Å². The van der Waals surface area contributed by atoms with Crippen LogP contribution in [0.2, 0.25) is 0 Å². The molecule has 0 heterocycles. The normalized spacial score (nSPS) is 12.6. The maximum atomic E-state index is 9.11. The lowest BCUT2D eigenvalue weighted by Gasteiger charge is -2.21. The molecule has 3 heteroatoms. The predicted octanol–water partition coefficient (Wildman–Crippen LogP) is 3.51. The van der Waals surface area contributed by atoms with Gasteiger partial charge < -0.3 is 9.84 Å². The van der Waals surface area contributed by atoms with Crippen molar-refractivity contribution in [3.05, 3.63) is 71.8 Å². The van der Waals surface area contributed by atoms with Gasteiger partial charge in [-0.05, 0) is 11.1 Å². The fourth-order valence-electron chi connectivity index (χ4n) is 1.80. The van der Waals surface area contributed by atoms with E-state index in [4.69, 9.17) is 9.84 Å². The zero-order chi connectivity index (χ0) is 12.8. The Kier molecular flexibility index (Phi) is 4.93. The van der Waals surface area contributed by atoms with Crippen LogP contribution in [-0.2, 0) is 4.74 Å². The summed E-state index contributed by atoms with van der Waals surface area (Å²) in [6.45, 7) is -0.0594. The van der Waals surface area contributed by atoms with E-state index in [-0.39, 0.29) is 17.7 Å². The van der Waals surface area contributed by atoms with Gasteiger partial charge in [-0.1, -0.05) is 76.6 Å². The van der Waals surface area contributed by atoms with Crippen LogP contribution in [0.1, 0.15) is 17.2 Å². The second-order valence-electron chi connectivity index (χ2n) is 3.93. The molecule has 2 aromatic rings. The van der Waals surface area contributed by atoms with Gasteiger partial charge in [0, 0.05) is 0 Å². The van der Waals surface area contributed by atoms with Gasteiger partial charge in [-0.2, -0.15) is 0 Å². The van der Waals surface area contributed by atoms with Gasteiger partial charge in [-0.25, -0.2) is 0 Å². The lowest BCUT2D eigenvalue weighted by molar-refractivity contribution is 0.0320. The molecule has 2 aromatic carbocycles. The van der Waals surface area contributed by atoms with E-state index in [1.807, 2.05) is 60.7 Å². The van der Waals surface area contributed by atoms with Crippen LogP contribution in [0.5, 0.6) is 0 Å². The van der Waals surface area contributed by atoms with Crippen LogP contribution in [0.4, 0.5) is 0 Å². The van der Waals surface area contributed by atoms with E-state index in [9.17, 15) is 0 Å². The second kappa shape index (κ2) is 6.69. The van der Waals surface area contributed by atoms with E-state index < -0.39 is 0 Å². The molecule has 18 heavy (non-hydrogen) atoms. The Labute approximate surface area is 115 Å². The van der Waals surface area contributed by atoms with Crippen LogP contribution in [0.25, 0.3) is 0 Å². The summed E-state index contributed by atoms with van der Waals surface area (Å²) in [4.78, 5) is 0. The lowest BCUT2D eigenvalue weighted by Crippen LogP contribution is -2.15. The topological polar surface area (TPSA) is 29.5 Å². The first-order valence-corrected chi connectivity index (χ1v) is 6.73. The average molecular weight is 307 g/mol. The summed E-state index contributed by atoms with van der Waals surface area (Å²) in [7, 11) is 0. The monoisotopic (exact) mass is 306 g/mol. The fraction of sp³-hybridized carbons (Fsp3) is 0.200. The van der Waals surface area contributed by atoms with E-state index in [1.165, 1.54) is 0 Å². The Morgan fingerprint density at radius 1 is 0.889 bits per heavy atom. The van der Waals surface area contributed by atoms with Crippen LogP contribution in [-0.4, -0.2) is 16.7 Å². The number of ether oxygens (including phenoxy) is 1. The van der Waals surface area contributed by atoms with Crippen molar-refractivity contribution in [1.29, 1.82) is 0 Å². The number of benzene rings is 2. The third kappa shape index (κ3) is 3.42. The molecule has 0 amide bonds. The summed E-state index contributed by atoms with van der Waals surface area (Å²) in [5.74, 6) is 0. The molecule has 0 saturated carbocycles. The molecule has 1 atom stereocenters. The zero-order valence-corrected chi connectivity index (χ0v) is 11.5. The highest BCUT2D eigenvalue weighted by molar-refractivity contribution is 9.09. The third-order valence-electron chi connectivity index (χ3n) is 2.63. The summed E-state index contributed by atoms with van der Waals surface area (Å²) in [5, 5.41) is 8.73. The van der Waals surface area contributed by atoms with Gasteiger partial charge in [0.1, 0.15) is 11.1 Å². The molecule has 0 aromatic heterocycles. The molecule has 94 valence electrons. The smallest absolute Gasteiger partial charge is 0.136 e. The maximum absolute atomic E-state index is 9.11. The first-order valence-electron chi connectivity index (χ1n) is 5.81. The molecule has 0 aliphatic heterocycles. The van der Waals surface area contributed by atoms with Crippen molar-refractivity contribution in [1.82, 2.24) is 0 Å². The summed E-state index contributed by atoms with van der Waals surface area (Å²) >= 11 is 3.30. The van der Waals surface area contributed by atoms with Crippen molar-refractivity contribution in [2.75, 3.05) is 6.61 Å². The molecule has 0 fully saturated rings. The molecule has 2 rings (SSSR count). The van der Waals surface area contributed by atoms with Gasteiger partial charge in [0.25, 0.3) is 0 Å². The van der Waals surface area contributed by atoms with Crippen molar-refractivity contribution in [2.45, 2.75) is 11.1 Å². The van der Waals surface area contributed by atoms with Crippen LogP contribution < -0.4 is 0 Å². The Hall–Kier alpha value is -1.16. The minimum Gasteiger partial charge on any atom is -0.393 e. The van der Waals surface area contributed by atoms with Crippen molar-refractivity contribution in [3.8, 4) is 0 Å². The molecule has 0 radical (unpaired) electrons. The Morgan fingerprint density at radius 2 is 1.33 bits per heavy atom. The minimum absolute atomic E-state index is 0.0594. The largest absolute Gasteiger partial charge is 0.393 e. The van der Waals surface area contributed by atoms with Crippen LogP contribution in [0, 0.1) is 0 Å². The molecule has 0 saturated heterocycles. The highest BCUT2D eigenvalue weighted by Crippen LogP contribution is 2.28. The summed E-state index contributed by atoms with van der Waals surface area (Å²) in [6, 6.07) is 20.0. The summed E-state index contributed by atoms with van der Waals surface area (Å²) < 4.78 is 5.84. The number of aliphatic hydroxyl groups excluding tert-OH is 1. The molecule has 0 aliphatic rings. The number of alkyl halides is 1. The Bertz CT molecular complexity index is 419. The molecule has 1 unspecified atom stereocenters. The van der Waals surface area contributed by atoms with Crippen LogP contribution in [0.3, 0.4) is 0 Å². The quantitative estimate of drug-likeness (QED) is 0.857. The number of aliphatic hydroxyl groups is 1. The summed E-state index contributed by atoms with van der Waals surface area (Å²) in [6.07, 6.45) is -0.177. The fourth-order valence-corrected chi connectivity index (χ4v) is 2.01. The number of rotatable bonds is 5. The van der Waals surface area contributed by atoms with E-state index in [2.05, 4.69) is 15.9 Å². The van der Waals surface area contributed by atoms with Crippen LogP contribution in [0.15, 0.2) is 60.7 Å². The second-order valence-corrected chi connectivity index (χ2v) is 4.95. The maximum Gasteiger partial charge on any atom is 0.136 e. The predicted molar refractivity (Wildman–Crippen MR) is 75.6 cm³/mol. The van der Waals surface area contributed by atoms with Crippen molar-refractivity contribution in [3.63, 3.8) is 0 Å². The van der Waals surface area contributed by atoms with E-state index >= 15 is 0 Å². The van der Waals surface area contributed by atoms with E-state index in [0.29, 0.717) is 0 Å². The molecule has 0 aliphatic carbocycles. The summed E-state index contributed by atoms with van der Waals surface area (Å²) in [5.41, 5.74) is 2.14. The number of halogens is 1. The van der Waals surface area contributed by atoms with Crippen molar-refractivity contribution >= 4 is 15.9 Å². The highest BCUT2D eigenvalue weighted by Gasteiger charge is 2.17. The minimum atomic E-state index is -0.372. The van der Waals surface area contributed by atoms with E-state index in [0.717, 1.165) is 11.1 Å².